The van der Waals surface area contributed by atoms with Gasteiger partial charge in [0.2, 0.25) is 5.95 Å². The summed E-state index contributed by atoms with van der Waals surface area (Å²) in [6.45, 7) is 0.439. The highest BCUT2D eigenvalue weighted by molar-refractivity contribution is 5.58. The van der Waals surface area contributed by atoms with Crippen molar-refractivity contribution in [2.45, 2.75) is 6.54 Å². The molecular formula is C18H17FN4O2. The minimum absolute atomic E-state index is 0.297. The highest BCUT2D eigenvalue weighted by atomic mass is 19.1. The van der Waals surface area contributed by atoms with E-state index in [-0.39, 0.29) is 5.82 Å². The molecule has 2 aromatic carbocycles. The first-order valence-corrected chi connectivity index (χ1v) is 7.60. The summed E-state index contributed by atoms with van der Waals surface area (Å²) in [5.74, 6) is 1.54. The SMILES string of the molecule is COc1ccc(OC)c(CNc2nncc(-c3ccc(F)cc3)n2)c1. The van der Waals surface area contributed by atoms with Gasteiger partial charge in [-0.1, -0.05) is 0 Å². The van der Waals surface area contributed by atoms with Crippen LogP contribution in [0.4, 0.5) is 10.3 Å². The second kappa shape index (κ2) is 7.57. The van der Waals surface area contributed by atoms with Crippen LogP contribution in [0.25, 0.3) is 11.3 Å². The second-order valence-electron chi connectivity index (χ2n) is 5.20. The number of benzene rings is 2. The summed E-state index contributed by atoms with van der Waals surface area (Å²) < 4.78 is 23.6. The van der Waals surface area contributed by atoms with Crippen molar-refractivity contribution in [3.8, 4) is 22.8 Å². The van der Waals surface area contributed by atoms with Crippen LogP contribution in [0.1, 0.15) is 5.56 Å². The summed E-state index contributed by atoms with van der Waals surface area (Å²) in [5, 5.41) is 11.0. The average Bonchev–Trinajstić information content (AvgIpc) is 2.67. The molecule has 0 radical (unpaired) electrons. The van der Waals surface area contributed by atoms with Gasteiger partial charge < -0.3 is 14.8 Å². The van der Waals surface area contributed by atoms with Crippen molar-refractivity contribution < 1.29 is 13.9 Å². The molecule has 0 unspecified atom stereocenters. The first-order valence-electron chi connectivity index (χ1n) is 7.60. The lowest BCUT2D eigenvalue weighted by Gasteiger charge is -2.11. The molecule has 6 nitrogen and oxygen atoms in total. The van der Waals surface area contributed by atoms with Crippen LogP contribution < -0.4 is 14.8 Å². The third-order valence-corrected chi connectivity index (χ3v) is 3.62. The topological polar surface area (TPSA) is 69.2 Å². The first kappa shape index (κ1) is 16.6. The van der Waals surface area contributed by atoms with Crippen LogP contribution in [0.5, 0.6) is 11.5 Å². The summed E-state index contributed by atoms with van der Waals surface area (Å²) in [6.07, 6.45) is 1.53. The predicted molar refractivity (Wildman–Crippen MR) is 92.1 cm³/mol. The van der Waals surface area contributed by atoms with Gasteiger partial charge in [0, 0.05) is 17.7 Å². The predicted octanol–water partition coefficient (Wildman–Crippen LogP) is 3.31. The maximum Gasteiger partial charge on any atom is 0.243 e. The summed E-state index contributed by atoms with van der Waals surface area (Å²) >= 11 is 0. The molecule has 0 bridgehead atoms. The van der Waals surface area contributed by atoms with Crippen molar-refractivity contribution in [1.29, 1.82) is 0 Å². The Morgan fingerprint density at radius 2 is 1.84 bits per heavy atom. The number of methoxy groups -OCH3 is 2. The summed E-state index contributed by atoms with van der Waals surface area (Å²) in [6, 6.07) is 11.6. The number of hydrogen-bond acceptors (Lipinski definition) is 6. The van der Waals surface area contributed by atoms with Gasteiger partial charge in [0.15, 0.2) is 0 Å². The highest BCUT2D eigenvalue weighted by Gasteiger charge is 2.08. The van der Waals surface area contributed by atoms with Crippen LogP contribution in [0, 0.1) is 5.82 Å². The molecule has 3 rings (SSSR count). The molecule has 0 saturated carbocycles. The largest absolute Gasteiger partial charge is 0.497 e. The van der Waals surface area contributed by atoms with Crippen molar-refractivity contribution in [2.75, 3.05) is 19.5 Å². The van der Waals surface area contributed by atoms with Gasteiger partial charge in [0.25, 0.3) is 0 Å². The smallest absolute Gasteiger partial charge is 0.243 e. The maximum atomic E-state index is 13.0. The second-order valence-corrected chi connectivity index (χ2v) is 5.20. The third kappa shape index (κ3) is 4.00. The number of nitrogens with zero attached hydrogens (tertiary/aromatic N) is 3. The summed E-state index contributed by atoms with van der Waals surface area (Å²) in [4.78, 5) is 4.41. The van der Waals surface area contributed by atoms with E-state index in [1.54, 1.807) is 26.4 Å². The molecule has 7 heteroatoms. The quantitative estimate of drug-likeness (QED) is 0.742. The average molecular weight is 340 g/mol. The van der Waals surface area contributed by atoms with Gasteiger partial charge in [0.05, 0.1) is 26.1 Å². The minimum atomic E-state index is -0.297. The van der Waals surface area contributed by atoms with Gasteiger partial charge in [0.1, 0.15) is 17.3 Å². The number of aromatic nitrogens is 3. The van der Waals surface area contributed by atoms with E-state index >= 15 is 0 Å². The molecule has 0 spiro atoms. The van der Waals surface area contributed by atoms with Crippen LogP contribution in [0.15, 0.2) is 48.7 Å². The molecule has 0 aliphatic rings. The van der Waals surface area contributed by atoms with Crippen LogP contribution in [-0.4, -0.2) is 29.4 Å². The van der Waals surface area contributed by atoms with Crippen molar-refractivity contribution in [3.63, 3.8) is 0 Å². The fourth-order valence-electron chi connectivity index (χ4n) is 2.33. The Balaban J connectivity index is 1.78. The molecule has 1 heterocycles. The number of halogens is 1. The van der Waals surface area contributed by atoms with E-state index in [4.69, 9.17) is 9.47 Å². The maximum absolute atomic E-state index is 13.0. The molecule has 0 atom stereocenters. The zero-order valence-corrected chi connectivity index (χ0v) is 13.9. The number of nitrogens with one attached hydrogen (secondary N) is 1. The fraction of sp³-hybridized carbons (Fsp3) is 0.167. The molecular weight excluding hydrogens is 323 g/mol. The van der Waals surface area contributed by atoms with Crippen LogP contribution >= 0.6 is 0 Å². The van der Waals surface area contributed by atoms with Gasteiger partial charge in [-0.25, -0.2) is 9.37 Å². The van der Waals surface area contributed by atoms with E-state index in [2.05, 4.69) is 20.5 Å². The lowest BCUT2D eigenvalue weighted by molar-refractivity contribution is 0.399. The van der Waals surface area contributed by atoms with Gasteiger partial charge >= 0.3 is 0 Å². The molecule has 128 valence electrons. The van der Waals surface area contributed by atoms with Crippen molar-refractivity contribution >= 4 is 5.95 Å². The van der Waals surface area contributed by atoms with E-state index < -0.39 is 0 Å². The zero-order valence-electron chi connectivity index (χ0n) is 13.9. The zero-order chi connectivity index (χ0) is 17.6. The van der Waals surface area contributed by atoms with Crippen molar-refractivity contribution in [1.82, 2.24) is 15.2 Å². The molecule has 0 aliphatic heterocycles. The number of anilines is 1. The van der Waals surface area contributed by atoms with Crippen LogP contribution in [0.3, 0.4) is 0 Å². The molecule has 0 saturated heterocycles. The van der Waals surface area contributed by atoms with Crippen molar-refractivity contribution in [2.24, 2.45) is 0 Å². The molecule has 0 aliphatic carbocycles. The summed E-state index contributed by atoms with van der Waals surface area (Å²) in [7, 11) is 3.22. The monoisotopic (exact) mass is 340 g/mol. The van der Waals surface area contributed by atoms with E-state index in [9.17, 15) is 4.39 Å². The van der Waals surface area contributed by atoms with Gasteiger partial charge in [-0.3, -0.25) is 0 Å². The molecule has 1 N–H and O–H groups in total. The number of hydrogen-bond donors (Lipinski definition) is 1. The van der Waals surface area contributed by atoms with Gasteiger partial charge in [-0.15, -0.1) is 5.10 Å². The lowest BCUT2D eigenvalue weighted by Crippen LogP contribution is -2.06. The van der Waals surface area contributed by atoms with E-state index in [1.165, 1.54) is 18.3 Å². The minimum Gasteiger partial charge on any atom is -0.497 e. The lowest BCUT2D eigenvalue weighted by atomic mass is 10.1. The van der Waals surface area contributed by atoms with Crippen LogP contribution in [0.2, 0.25) is 0 Å². The Kier molecular flexibility index (Phi) is 5.03. The highest BCUT2D eigenvalue weighted by Crippen LogP contribution is 2.24. The van der Waals surface area contributed by atoms with Gasteiger partial charge in [-0.05, 0) is 42.5 Å². The first-order chi connectivity index (χ1) is 12.2. The third-order valence-electron chi connectivity index (χ3n) is 3.62. The van der Waals surface area contributed by atoms with E-state index in [0.29, 0.717) is 18.2 Å². The normalized spacial score (nSPS) is 10.4. The Labute approximate surface area is 144 Å². The van der Waals surface area contributed by atoms with E-state index in [1.807, 2.05) is 18.2 Å². The number of ether oxygens (including phenoxy) is 2. The Morgan fingerprint density at radius 1 is 1.04 bits per heavy atom. The van der Waals surface area contributed by atoms with Gasteiger partial charge in [-0.2, -0.15) is 5.10 Å². The standard InChI is InChI=1S/C18H17FN4O2/c1-24-15-7-8-17(25-2)13(9-15)10-20-18-22-16(11-21-23-18)12-3-5-14(19)6-4-12/h3-9,11H,10H2,1-2H3,(H,20,22,23). The Bertz CT molecular complexity index is 856. The molecule has 0 fully saturated rings. The van der Waals surface area contributed by atoms with E-state index in [0.717, 1.165) is 22.6 Å². The molecule has 25 heavy (non-hydrogen) atoms. The Hall–Kier alpha value is -3.22. The fourth-order valence-corrected chi connectivity index (χ4v) is 2.33. The summed E-state index contributed by atoms with van der Waals surface area (Å²) in [5.41, 5.74) is 2.27. The number of rotatable bonds is 6. The molecule has 0 amide bonds. The van der Waals surface area contributed by atoms with Crippen LogP contribution in [-0.2, 0) is 6.54 Å². The Morgan fingerprint density at radius 3 is 2.56 bits per heavy atom. The molecule has 1 aromatic heterocycles. The van der Waals surface area contributed by atoms with Crippen molar-refractivity contribution in [3.05, 3.63) is 60.0 Å². The molecule has 3 aromatic rings.